The van der Waals surface area contributed by atoms with E-state index < -0.39 is 11.9 Å². The minimum absolute atomic E-state index is 0.429. The number of benzene rings is 1. The Morgan fingerprint density at radius 2 is 2.50 bits per heavy atom. The van der Waals surface area contributed by atoms with Crippen LogP contribution in [0.3, 0.4) is 0 Å². The van der Waals surface area contributed by atoms with Gasteiger partial charge in [-0.05, 0) is 23.6 Å². The maximum atomic E-state index is 11.1. The molecule has 14 heavy (non-hydrogen) atoms. The van der Waals surface area contributed by atoms with Gasteiger partial charge in [-0.25, -0.2) is 0 Å². The van der Waals surface area contributed by atoms with E-state index in [9.17, 15) is 10.0 Å². The second-order valence-corrected chi connectivity index (χ2v) is 3.34. The number of carbonyl (C=O) groups is 1. The van der Waals surface area contributed by atoms with Gasteiger partial charge in [0.25, 0.3) is 0 Å². The number of hydrogen-bond donors (Lipinski definition) is 2. The van der Waals surface area contributed by atoms with E-state index in [0.29, 0.717) is 13.0 Å². The maximum Gasteiger partial charge on any atom is 0.241 e. The van der Waals surface area contributed by atoms with Gasteiger partial charge >= 0.3 is 0 Å². The molecular weight excluding hydrogens is 180 g/mol. The van der Waals surface area contributed by atoms with Crippen LogP contribution in [0.25, 0.3) is 0 Å². The van der Waals surface area contributed by atoms with Gasteiger partial charge in [0.1, 0.15) is 6.04 Å². The van der Waals surface area contributed by atoms with E-state index in [-0.39, 0.29) is 0 Å². The predicted molar refractivity (Wildman–Crippen MR) is 49.4 cm³/mol. The average Bonchev–Trinajstić information content (AvgIpc) is 2.17. The smallest absolute Gasteiger partial charge is 0.241 e. The lowest BCUT2D eigenvalue weighted by Crippen LogP contribution is -2.40. The van der Waals surface area contributed by atoms with Gasteiger partial charge in [-0.15, -0.1) is 0 Å². The summed E-state index contributed by atoms with van der Waals surface area (Å²) >= 11 is 0. The normalized spacial score (nSPS) is 21.6. The van der Waals surface area contributed by atoms with Crippen molar-refractivity contribution in [3.05, 3.63) is 35.4 Å². The first-order valence-electron chi connectivity index (χ1n) is 4.44. The van der Waals surface area contributed by atoms with Crippen molar-refractivity contribution in [2.75, 3.05) is 6.54 Å². The molecule has 1 amide bonds. The number of nitrogens with two attached hydrogens (primary N) is 1. The number of hydroxylamine groups is 2. The van der Waals surface area contributed by atoms with Crippen LogP contribution in [0.4, 0.5) is 0 Å². The Balaban J connectivity index is 2.46. The number of amides is 1. The van der Waals surface area contributed by atoms with Crippen LogP contribution in [0.5, 0.6) is 0 Å². The van der Waals surface area contributed by atoms with Crippen molar-refractivity contribution < 1.29 is 10.0 Å². The Hall–Kier alpha value is -1.39. The first kappa shape index (κ1) is 9.18. The summed E-state index contributed by atoms with van der Waals surface area (Å²) < 4.78 is 0. The van der Waals surface area contributed by atoms with Gasteiger partial charge in [-0.3, -0.25) is 4.79 Å². The van der Waals surface area contributed by atoms with Crippen LogP contribution in [-0.4, -0.2) is 22.7 Å². The molecule has 0 saturated carbocycles. The summed E-state index contributed by atoms with van der Waals surface area (Å²) in [5.74, 6) is -0.528. The molecule has 2 rings (SSSR count). The molecule has 1 heterocycles. The van der Waals surface area contributed by atoms with Gasteiger partial charge in [-0.2, -0.15) is 5.06 Å². The van der Waals surface area contributed by atoms with Gasteiger partial charge in [0, 0.05) is 6.54 Å². The molecule has 4 nitrogen and oxygen atoms in total. The fourth-order valence-electron chi connectivity index (χ4n) is 1.79. The van der Waals surface area contributed by atoms with Crippen molar-refractivity contribution in [1.29, 1.82) is 0 Å². The third kappa shape index (κ3) is 1.38. The highest BCUT2D eigenvalue weighted by Crippen LogP contribution is 2.27. The molecule has 1 aromatic carbocycles. The van der Waals surface area contributed by atoms with Crippen molar-refractivity contribution in [3.8, 4) is 0 Å². The number of primary amides is 1. The third-order valence-corrected chi connectivity index (χ3v) is 2.46. The monoisotopic (exact) mass is 191 g/mol. The second kappa shape index (κ2) is 3.40. The SMILES string of the molecule is NC(=O)C1c2cc[c]cc2CCN1O. The zero-order chi connectivity index (χ0) is 10.1. The van der Waals surface area contributed by atoms with E-state index in [4.69, 9.17) is 5.73 Å². The third-order valence-electron chi connectivity index (χ3n) is 2.46. The van der Waals surface area contributed by atoms with Crippen LogP contribution in [0.15, 0.2) is 18.2 Å². The largest absolute Gasteiger partial charge is 0.368 e. The summed E-state index contributed by atoms with van der Waals surface area (Å²) in [6.07, 6.45) is 0.715. The predicted octanol–water partition coefficient (Wildman–Crippen LogP) is 0.260. The summed E-state index contributed by atoms with van der Waals surface area (Å²) in [4.78, 5) is 11.1. The molecule has 0 bridgehead atoms. The highest BCUT2D eigenvalue weighted by Gasteiger charge is 2.30. The molecule has 4 heteroatoms. The molecule has 1 unspecified atom stereocenters. The highest BCUT2D eigenvalue weighted by molar-refractivity contribution is 5.82. The van der Waals surface area contributed by atoms with Crippen LogP contribution >= 0.6 is 0 Å². The highest BCUT2D eigenvalue weighted by atomic mass is 16.5. The second-order valence-electron chi connectivity index (χ2n) is 3.34. The molecular formula is C10H11N2O2. The van der Waals surface area contributed by atoms with Crippen molar-refractivity contribution in [2.24, 2.45) is 5.73 Å². The van der Waals surface area contributed by atoms with Gasteiger partial charge < -0.3 is 10.9 Å². The molecule has 1 atom stereocenters. The quantitative estimate of drug-likeness (QED) is 0.669. The van der Waals surface area contributed by atoms with Crippen LogP contribution < -0.4 is 5.73 Å². The van der Waals surface area contributed by atoms with Crippen LogP contribution in [0.1, 0.15) is 17.2 Å². The lowest BCUT2D eigenvalue weighted by atomic mass is 9.94. The molecule has 73 valence electrons. The van der Waals surface area contributed by atoms with E-state index >= 15 is 0 Å². The summed E-state index contributed by atoms with van der Waals surface area (Å²) in [6, 6.07) is 7.55. The van der Waals surface area contributed by atoms with Gasteiger partial charge in [0.15, 0.2) is 0 Å². The fraction of sp³-hybridized carbons (Fsp3) is 0.300. The molecule has 0 fully saturated rings. The van der Waals surface area contributed by atoms with E-state index in [1.54, 1.807) is 12.1 Å². The maximum absolute atomic E-state index is 11.1. The molecule has 1 aromatic rings. The molecule has 3 N–H and O–H groups in total. The van der Waals surface area contributed by atoms with Crippen molar-refractivity contribution >= 4 is 5.91 Å². The summed E-state index contributed by atoms with van der Waals surface area (Å²) in [6.45, 7) is 0.429. The first-order chi connectivity index (χ1) is 6.70. The van der Waals surface area contributed by atoms with Crippen LogP contribution in [0, 0.1) is 6.07 Å². The van der Waals surface area contributed by atoms with E-state index in [1.807, 2.05) is 6.07 Å². The fourth-order valence-corrected chi connectivity index (χ4v) is 1.79. The Morgan fingerprint density at radius 3 is 3.21 bits per heavy atom. The molecule has 0 saturated heterocycles. The Kier molecular flexibility index (Phi) is 2.23. The minimum atomic E-state index is -0.714. The number of nitrogens with zero attached hydrogens (tertiary/aromatic N) is 1. The van der Waals surface area contributed by atoms with E-state index in [2.05, 4.69) is 6.07 Å². The standard InChI is InChI=1S/C10H11N2O2/c11-10(13)9-8-4-2-1-3-7(8)5-6-12(9)14/h2-4,9,14H,5-6H2,(H2,11,13). The molecule has 0 spiro atoms. The van der Waals surface area contributed by atoms with Crippen molar-refractivity contribution in [3.63, 3.8) is 0 Å². The molecule has 0 aromatic heterocycles. The first-order valence-corrected chi connectivity index (χ1v) is 4.44. The van der Waals surface area contributed by atoms with E-state index in [1.165, 1.54) is 0 Å². The van der Waals surface area contributed by atoms with E-state index in [0.717, 1.165) is 16.2 Å². The Morgan fingerprint density at radius 1 is 1.71 bits per heavy atom. The van der Waals surface area contributed by atoms with Crippen molar-refractivity contribution in [2.45, 2.75) is 12.5 Å². The number of hydrogen-bond acceptors (Lipinski definition) is 3. The van der Waals surface area contributed by atoms with Gasteiger partial charge in [-0.1, -0.05) is 18.2 Å². The summed E-state index contributed by atoms with van der Waals surface area (Å²) in [5, 5.41) is 10.5. The summed E-state index contributed by atoms with van der Waals surface area (Å²) in [5.41, 5.74) is 7.03. The number of rotatable bonds is 1. The molecule has 1 aliphatic heterocycles. The van der Waals surface area contributed by atoms with Crippen LogP contribution in [0.2, 0.25) is 0 Å². The van der Waals surface area contributed by atoms with Gasteiger partial charge in [0.05, 0.1) is 0 Å². The van der Waals surface area contributed by atoms with Crippen LogP contribution in [-0.2, 0) is 11.2 Å². The lowest BCUT2D eigenvalue weighted by molar-refractivity contribution is -0.156. The molecule has 0 aliphatic carbocycles. The lowest BCUT2D eigenvalue weighted by Gasteiger charge is -2.30. The zero-order valence-electron chi connectivity index (χ0n) is 7.60. The number of carbonyl (C=O) groups excluding carboxylic acids is 1. The average molecular weight is 191 g/mol. The zero-order valence-corrected chi connectivity index (χ0v) is 7.60. The topological polar surface area (TPSA) is 66.6 Å². The molecule has 1 radical (unpaired) electrons. The minimum Gasteiger partial charge on any atom is -0.368 e. The summed E-state index contributed by atoms with van der Waals surface area (Å²) in [7, 11) is 0. The van der Waals surface area contributed by atoms with Gasteiger partial charge in [0.2, 0.25) is 5.91 Å². The Bertz CT molecular complexity index is 365. The Labute approximate surface area is 81.9 Å². The van der Waals surface area contributed by atoms with Crippen molar-refractivity contribution in [1.82, 2.24) is 5.06 Å². The number of fused-ring (bicyclic) bond motifs is 1. The molecule has 1 aliphatic rings.